The van der Waals surface area contributed by atoms with Crippen molar-refractivity contribution in [2.75, 3.05) is 24.9 Å². The summed E-state index contributed by atoms with van der Waals surface area (Å²) in [5.41, 5.74) is 6.93. The minimum Gasteiger partial charge on any atom is -0.493 e. The van der Waals surface area contributed by atoms with Gasteiger partial charge in [-0.1, -0.05) is 78.9 Å². The number of rotatable bonds is 8. The zero-order chi connectivity index (χ0) is 29.6. The summed E-state index contributed by atoms with van der Waals surface area (Å²) in [4.78, 5) is 17.9. The summed E-state index contributed by atoms with van der Waals surface area (Å²) >= 11 is 0. The summed E-state index contributed by atoms with van der Waals surface area (Å²) in [7, 11) is 3.24. The normalized spacial score (nSPS) is 10.7. The number of carbonyl (C=O) groups excluding carboxylic acids is 1. The quantitative estimate of drug-likeness (QED) is 0.194. The molecule has 0 unspecified atom stereocenters. The molecule has 5 aromatic carbocycles. The van der Waals surface area contributed by atoms with E-state index in [-0.39, 0.29) is 6.03 Å². The van der Waals surface area contributed by atoms with Gasteiger partial charge in [0.2, 0.25) is 0 Å². The Morgan fingerprint density at radius 2 is 1.16 bits per heavy atom. The molecule has 0 aliphatic carbocycles. The Hall–Kier alpha value is -5.82. The molecule has 6 rings (SSSR count). The van der Waals surface area contributed by atoms with E-state index >= 15 is 0 Å². The van der Waals surface area contributed by atoms with Crippen LogP contribution in [0.2, 0.25) is 0 Å². The Morgan fingerprint density at radius 3 is 1.77 bits per heavy atom. The van der Waals surface area contributed by atoms with Crippen LogP contribution in [0.4, 0.5) is 16.2 Å². The van der Waals surface area contributed by atoms with Crippen molar-refractivity contribution in [3.05, 3.63) is 133 Å². The van der Waals surface area contributed by atoms with Crippen LogP contribution in [0.15, 0.2) is 133 Å². The second-order valence-corrected chi connectivity index (χ2v) is 9.76. The van der Waals surface area contributed by atoms with Crippen LogP contribution in [0.1, 0.15) is 0 Å². The zero-order valence-corrected chi connectivity index (χ0v) is 23.8. The molecule has 0 fully saturated rings. The van der Waals surface area contributed by atoms with Crippen LogP contribution < -0.4 is 20.1 Å². The van der Waals surface area contributed by atoms with Crippen molar-refractivity contribution in [1.82, 2.24) is 9.55 Å². The molecule has 0 atom stereocenters. The number of ether oxygens (including phenoxy) is 2. The van der Waals surface area contributed by atoms with Gasteiger partial charge in [-0.15, -0.1) is 0 Å². The maximum atomic E-state index is 12.6. The molecule has 6 aromatic rings. The summed E-state index contributed by atoms with van der Waals surface area (Å²) in [6, 6.07) is 42.9. The average molecular weight is 567 g/mol. The minimum atomic E-state index is -0.316. The standard InChI is InChI=1S/C36H30N4O3/c1-42-31-23-18-27(24-32(31)43-2)35-39-33(25-12-6-3-7-13-25)34(26-14-8-4-9-15-26)40(35)30-21-19-29(20-22-30)38-36(41)37-28-16-10-5-11-17-28/h3-24H,1-2H3,(H2,37,38,41). The van der Waals surface area contributed by atoms with Gasteiger partial charge in [0.1, 0.15) is 5.82 Å². The van der Waals surface area contributed by atoms with Gasteiger partial charge in [-0.3, -0.25) is 4.57 Å². The third kappa shape index (κ3) is 5.83. The highest BCUT2D eigenvalue weighted by Crippen LogP contribution is 2.40. The number of carbonyl (C=O) groups is 1. The summed E-state index contributed by atoms with van der Waals surface area (Å²) in [5.74, 6) is 1.99. The number of hydrogen-bond donors (Lipinski definition) is 2. The van der Waals surface area contributed by atoms with E-state index in [1.54, 1.807) is 14.2 Å². The van der Waals surface area contributed by atoms with Crippen LogP contribution in [-0.4, -0.2) is 29.8 Å². The van der Waals surface area contributed by atoms with Gasteiger partial charge in [-0.25, -0.2) is 9.78 Å². The molecule has 7 nitrogen and oxygen atoms in total. The van der Waals surface area contributed by atoms with Crippen molar-refractivity contribution in [3.8, 4) is 51.1 Å². The van der Waals surface area contributed by atoms with Gasteiger partial charge in [0.15, 0.2) is 11.5 Å². The number of imidazole rings is 1. The number of methoxy groups -OCH3 is 2. The molecule has 0 saturated heterocycles. The highest BCUT2D eigenvalue weighted by atomic mass is 16.5. The summed E-state index contributed by atoms with van der Waals surface area (Å²) in [6.45, 7) is 0. The number of nitrogens with zero attached hydrogens (tertiary/aromatic N) is 2. The number of urea groups is 1. The molecule has 1 heterocycles. The van der Waals surface area contributed by atoms with Crippen LogP contribution in [0.5, 0.6) is 11.5 Å². The van der Waals surface area contributed by atoms with E-state index in [4.69, 9.17) is 14.5 Å². The first-order valence-electron chi connectivity index (χ1n) is 13.8. The third-order valence-corrected chi connectivity index (χ3v) is 7.03. The molecule has 0 aliphatic rings. The molecule has 0 saturated carbocycles. The van der Waals surface area contributed by atoms with E-state index < -0.39 is 0 Å². The fourth-order valence-electron chi connectivity index (χ4n) is 5.01. The summed E-state index contributed by atoms with van der Waals surface area (Å²) in [6.07, 6.45) is 0. The Balaban J connectivity index is 1.48. The largest absolute Gasteiger partial charge is 0.493 e. The van der Waals surface area contributed by atoms with E-state index in [0.29, 0.717) is 17.2 Å². The molecular formula is C36H30N4O3. The van der Waals surface area contributed by atoms with Gasteiger partial charge in [-0.2, -0.15) is 0 Å². The first-order chi connectivity index (χ1) is 21.1. The molecule has 212 valence electrons. The lowest BCUT2D eigenvalue weighted by Crippen LogP contribution is -2.19. The molecule has 0 spiro atoms. The summed E-state index contributed by atoms with van der Waals surface area (Å²) < 4.78 is 13.3. The molecule has 2 N–H and O–H groups in total. The smallest absolute Gasteiger partial charge is 0.323 e. The zero-order valence-electron chi connectivity index (χ0n) is 23.8. The number of benzene rings is 5. The molecule has 0 aliphatic heterocycles. The van der Waals surface area contributed by atoms with Gasteiger partial charge >= 0.3 is 6.03 Å². The average Bonchev–Trinajstić information content (AvgIpc) is 3.47. The topological polar surface area (TPSA) is 77.4 Å². The van der Waals surface area contributed by atoms with Crippen molar-refractivity contribution in [2.45, 2.75) is 0 Å². The highest BCUT2D eigenvalue weighted by Gasteiger charge is 2.23. The molecule has 2 amide bonds. The van der Waals surface area contributed by atoms with E-state index in [9.17, 15) is 4.79 Å². The summed E-state index contributed by atoms with van der Waals surface area (Å²) in [5, 5.41) is 5.77. The maximum absolute atomic E-state index is 12.6. The van der Waals surface area contributed by atoms with Crippen LogP contribution in [0.25, 0.3) is 39.6 Å². The monoisotopic (exact) mass is 566 g/mol. The fraction of sp³-hybridized carbons (Fsp3) is 0.0556. The number of hydrogen-bond acceptors (Lipinski definition) is 4. The number of anilines is 2. The molecule has 7 heteroatoms. The van der Waals surface area contributed by atoms with Crippen molar-refractivity contribution in [1.29, 1.82) is 0 Å². The predicted octanol–water partition coefficient (Wildman–Crippen LogP) is 8.53. The number of aromatic nitrogens is 2. The number of amides is 2. The molecule has 0 radical (unpaired) electrons. The second kappa shape index (κ2) is 12.4. The first-order valence-corrected chi connectivity index (χ1v) is 13.8. The fourth-order valence-corrected chi connectivity index (χ4v) is 5.01. The third-order valence-electron chi connectivity index (χ3n) is 7.03. The lowest BCUT2D eigenvalue weighted by atomic mass is 10.0. The van der Waals surface area contributed by atoms with Gasteiger partial charge in [0, 0.05) is 33.8 Å². The van der Waals surface area contributed by atoms with Gasteiger partial charge in [0.25, 0.3) is 0 Å². The van der Waals surface area contributed by atoms with Crippen molar-refractivity contribution in [3.63, 3.8) is 0 Å². The predicted molar refractivity (Wildman–Crippen MR) is 172 cm³/mol. The Labute approximate surface area is 250 Å². The Kier molecular flexibility index (Phi) is 7.87. The van der Waals surface area contributed by atoms with E-state index in [1.165, 1.54) is 0 Å². The van der Waals surface area contributed by atoms with Crippen molar-refractivity contribution < 1.29 is 14.3 Å². The molecular weight excluding hydrogens is 536 g/mol. The Morgan fingerprint density at radius 1 is 0.605 bits per heavy atom. The van der Waals surface area contributed by atoms with Gasteiger partial charge in [0.05, 0.1) is 25.6 Å². The van der Waals surface area contributed by atoms with Crippen LogP contribution in [-0.2, 0) is 0 Å². The molecule has 1 aromatic heterocycles. The van der Waals surface area contributed by atoms with Crippen molar-refractivity contribution in [2.24, 2.45) is 0 Å². The molecule has 0 bridgehead atoms. The van der Waals surface area contributed by atoms with Crippen molar-refractivity contribution >= 4 is 17.4 Å². The first kappa shape index (κ1) is 27.4. The van der Waals surface area contributed by atoms with Gasteiger partial charge in [-0.05, 0) is 54.6 Å². The lowest BCUT2D eigenvalue weighted by molar-refractivity contribution is 0.262. The van der Waals surface area contributed by atoms with E-state index in [0.717, 1.165) is 45.3 Å². The SMILES string of the molecule is COc1ccc(-c2nc(-c3ccccc3)c(-c3ccccc3)n2-c2ccc(NC(=O)Nc3ccccc3)cc2)cc1OC. The molecule has 43 heavy (non-hydrogen) atoms. The Bertz CT molecular complexity index is 1840. The van der Waals surface area contributed by atoms with E-state index in [2.05, 4.69) is 39.5 Å². The van der Waals surface area contributed by atoms with Crippen LogP contribution in [0.3, 0.4) is 0 Å². The van der Waals surface area contributed by atoms with Gasteiger partial charge < -0.3 is 20.1 Å². The van der Waals surface area contributed by atoms with Crippen LogP contribution in [0, 0.1) is 0 Å². The maximum Gasteiger partial charge on any atom is 0.323 e. The van der Waals surface area contributed by atoms with Crippen LogP contribution >= 0.6 is 0 Å². The number of nitrogens with one attached hydrogen (secondary N) is 2. The van der Waals surface area contributed by atoms with E-state index in [1.807, 2.05) is 109 Å². The minimum absolute atomic E-state index is 0.316. The lowest BCUT2D eigenvalue weighted by Gasteiger charge is -2.15. The number of para-hydroxylation sites is 1. The highest BCUT2D eigenvalue weighted by molar-refractivity contribution is 5.99. The second-order valence-electron chi connectivity index (χ2n) is 9.76.